The third-order valence-corrected chi connectivity index (χ3v) is 4.77. The molecule has 1 fully saturated rings. The molecule has 2 aliphatic rings. The molecule has 1 N–H and O–H groups in total. The highest BCUT2D eigenvalue weighted by molar-refractivity contribution is 5.32. The Balaban J connectivity index is 1.76. The van der Waals surface area contributed by atoms with Crippen molar-refractivity contribution in [3.8, 4) is 0 Å². The van der Waals surface area contributed by atoms with E-state index in [1.54, 1.807) is 14.2 Å². The number of aryl methyl sites for hydroxylation is 1. The van der Waals surface area contributed by atoms with Gasteiger partial charge < -0.3 is 14.6 Å². The van der Waals surface area contributed by atoms with Crippen LogP contribution in [0.5, 0.6) is 0 Å². The number of likely N-dealkylation sites (tertiary alicyclic amines) is 1. The van der Waals surface area contributed by atoms with Crippen LogP contribution in [0.2, 0.25) is 0 Å². The van der Waals surface area contributed by atoms with Crippen molar-refractivity contribution in [3.63, 3.8) is 0 Å². The maximum Gasteiger partial charge on any atom is 0.0971 e. The van der Waals surface area contributed by atoms with Crippen molar-refractivity contribution in [1.82, 2.24) is 4.90 Å². The molecule has 0 spiro atoms. The molecule has 4 heteroatoms. The number of hydrogen-bond donors (Lipinski definition) is 1. The lowest BCUT2D eigenvalue weighted by molar-refractivity contribution is -0.00461. The van der Waals surface area contributed by atoms with Crippen molar-refractivity contribution in [2.24, 2.45) is 0 Å². The second-order valence-corrected chi connectivity index (χ2v) is 5.75. The van der Waals surface area contributed by atoms with Crippen LogP contribution in [0.3, 0.4) is 0 Å². The maximum atomic E-state index is 10.7. The van der Waals surface area contributed by atoms with Gasteiger partial charge in [0.1, 0.15) is 0 Å². The Bertz CT molecular complexity index is 453. The van der Waals surface area contributed by atoms with Gasteiger partial charge in [-0.1, -0.05) is 24.3 Å². The molecule has 4 unspecified atom stereocenters. The van der Waals surface area contributed by atoms with Crippen LogP contribution in [0.4, 0.5) is 0 Å². The Kier molecular flexibility index (Phi) is 4.08. The lowest BCUT2D eigenvalue weighted by atomic mass is 9.85. The van der Waals surface area contributed by atoms with Gasteiger partial charge in [0, 0.05) is 33.4 Å². The normalized spacial score (nSPS) is 34.1. The molecule has 4 nitrogen and oxygen atoms in total. The monoisotopic (exact) mass is 277 g/mol. The number of benzene rings is 1. The molecule has 110 valence electrons. The van der Waals surface area contributed by atoms with Crippen LogP contribution in [-0.4, -0.2) is 55.6 Å². The smallest absolute Gasteiger partial charge is 0.0971 e. The van der Waals surface area contributed by atoms with E-state index in [2.05, 4.69) is 11.0 Å². The fourth-order valence-corrected chi connectivity index (χ4v) is 3.60. The maximum absolute atomic E-state index is 10.7. The molecule has 1 saturated heterocycles. The number of aliphatic hydroxyl groups is 1. The second kappa shape index (κ2) is 5.82. The summed E-state index contributed by atoms with van der Waals surface area (Å²) in [7, 11) is 3.46. The van der Waals surface area contributed by atoms with Crippen LogP contribution in [0.15, 0.2) is 24.3 Å². The van der Waals surface area contributed by atoms with Crippen LogP contribution in [-0.2, 0) is 15.9 Å². The molecule has 1 aromatic rings. The van der Waals surface area contributed by atoms with E-state index >= 15 is 0 Å². The van der Waals surface area contributed by atoms with Gasteiger partial charge in [-0.15, -0.1) is 0 Å². The molecule has 1 aliphatic carbocycles. The Hall–Kier alpha value is -0.940. The third kappa shape index (κ3) is 2.37. The number of aliphatic hydroxyl groups excluding tert-OH is 1. The fourth-order valence-electron chi connectivity index (χ4n) is 3.60. The summed E-state index contributed by atoms with van der Waals surface area (Å²) in [5.41, 5.74) is 2.36. The summed E-state index contributed by atoms with van der Waals surface area (Å²) < 4.78 is 11.0. The molecule has 1 aromatic carbocycles. The molecular weight excluding hydrogens is 254 g/mol. The number of methoxy groups -OCH3 is 2. The first-order chi connectivity index (χ1) is 9.74. The zero-order valence-electron chi connectivity index (χ0n) is 12.2. The van der Waals surface area contributed by atoms with E-state index in [0.717, 1.165) is 31.5 Å². The minimum absolute atomic E-state index is 0.101. The first-order valence-corrected chi connectivity index (χ1v) is 7.30. The summed E-state index contributed by atoms with van der Waals surface area (Å²) >= 11 is 0. The van der Waals surface area contributed by atoms with E-state index in [9.17, 15) is 5.11 Å². The number of nitrogens with zero attached hydrogens (tertiary/aromatic N) is 1. The van der Waals surface area contributed by atoms with Gasteiger partial charge in [-0.25, -0.2) is 0 Å². The summed E-state index contributed by atoms with van der Waals surface area (Å²) in [4.78, 5) is 2.32. The topological polar surface area (TPSA) is 41.9 Å². The summed E-state index contributed by atoms with van der Waals surface area (Å²) in [5, 5.41) is 10.7. The Morgan fingerprint density at radius 2 is 1.75 bits per heavy atom. The van der Waals surface area contributed by atoms with Crippen molar-refractivity contribution in [1.29, 1.82) is 0 Å². The largest absolute Gasteiger partial charge is 0.387 e. The first kappa shape index (κ1) is 14.0. The molecule has 0 bridgehead atoms. The highest BCUT2D eigenvalue weighted by atomic mass is 16.5. The molecule has 3 rings (SSSR count). The van der Waals surface area contributed by atoms with E-state index in [-0.39, 0.29) is 18.2 Å². The van der Waals surface area contributed by atoms with E-state index < -0.39 is 6.10 Å². The van der Waals surface area contributed by atoms with Crippen molar-refractivity contribution < 1.29 is 14.6 Å². The van der Waals surface area contributed by atoms with E-state index in [1.807, 2.05) is 18.2 Å². The molecule has 1 aliphatic heterocycles. The predicted molar refractivity (Wildman–Crippen MR) is 76.7 cm³/mol. The highest BCUT2D eigenvalue weighted by Crippen LogP contribution is 2.34. The summed E-state index contributed by atoms with van der Waals surface area (Å²) in [5.74, 6) is 0. The van der Waals surface area contributed by atoms with E-state index in [0.29, 0.717) is 0 Å². The third-order valence-electron chi connectivity index (χ3n) is 4.77. The van der Waals surface area contributed by atoms with Gasteiger partial charge in [0.25, 0.3) is 0 Å². The number of ether oxygens (including phenoxy) is 2. The van der Waals surface area contributed by atoms with Crippen LogP contribution < -0.4 is 0 Å². The zero-order chi connectivity index (χ0) is 14.1. The average Bonchev–Trinajstić information content (AvgIpc) is 2.91. The summed E-state index contributed by atoms with van der Waals surface area (Å²) in [6.07, 6.45) is 1.82. The molecule has 0 aromatic heterocycles. The minimum atomic E-state index is -0.409. The SMILES string of the molecule is COC1CN(C2CCc3ccccc3C2O)CC1OC. The first-order valence-electron chi connectivity index (χ1n) is 7.30. The molecule has 0 amide bonds. The Morgan fingerprint density at radius 1 is 1.10 bits per heavy atom. The molecule has 0 radical (unpaired) electrons. The van der Waals surface area contributed by atoms with E-state index in [1.165, 1.54) is 5.56 Å². The van der Waals surface area contributed by atoms with Crippen molar-refractivity contribution in [2.45, 2.75) is 37.2 Å². The predicted octanol–water partition coefficient (Wildman–Crippen LogP) is 1.38. The molecular formula is C16H23NO3. The average molecular weight is 277 g/mol. The van der Waals surface area contributed by atoms with Crippen LogP contribution >= 0.6 is 0 Å². The van der Waals surface area contributed by atoms with Gasteiger partial charge in [0.15, 0.2) is 0 Å². The summed E-state index contributed by atoms with van der Waals surface area (Å²) in [6, 6.07) is 8.38. The zero-order valence-corrected chi connectivity index (χ0v) is 12.2. The minimum Gasteiger partial charge on any atom is -0.387 e. The van der Waals surface area contributed by atoms with Crippen molar-refractivity contribution >= 4 is 0 Å². The van der Waals surface area contributed by atoms with Crippen molar-refractivity contribution in [3.05, 3.63) is 35.4 Å². The van der Waals surface area contributed by atoms with E-state index in [4.69, 9.17) is 9.47 Å². The Morgan fingerprint density at radius 3 is 2.40 bits per heavy atom. The second-order valence-electron chi connectivity index (χ2n) is 5.75. The summed E-state index contributed by atoms with van der Waals surface area (Å²) in [6.45, 7) is 1.66. The van der Waals surface area contributed by atoms with Crippen LogP contribution in [0.25, 0.3) is 0 Å². The van der Waals surface area contributed by atoms with Crippen LogP contribution in [0.1, 0.15) is 23.7 Å². The lowest BCUT2D eigenvalue weighted by Gasteiger charge is -2.36. The molecule has 0 saturated carbocycles. The quantitative estimate of drug-likeness (QED) is 0.906. The van der Waals surface area contributed by atoms with Crippen molar-refractivity contribution in [2.75, 3.05) is 27.3 Å². The van der Waals surface area contributed by atoms with Gasteiger partial charge in [0.05, 0.1) is 18.3 Å². The van der Waals surface area contributed by atoms with Crippen LogP contribution in [0, 0.1) is 0 Å². The Labute approximate surface area is 120 Å². The van der Waals surface area contributed by atoms with Gasteiger partial charge in [-0.3, -0.25) is 4.90 Å². The number of hydrogen-bond acceptors (Lipinski definition) is 4. The van der Waals surface area contributed by atoms with Gasteiger partial charge >= 0.3 is 0 Å². The van der Waals surface area contributed by atoms with Gasteiger partial charge in [0.2, 0.25) is 0 Å². The van der Waals surface area contributed by atoms with Gasteiger partial charge in [-0.05, 0) is 24.0 Å². The molecule has 4 atom stereocenters. The molecule has 20 heavy (non-hydrogen) atoms. The highest BCUT2D eigenvalue weighted by Gasteiger charge is 2.40. The number of fused-ring (bicyclic) bond motifs is 1. The van der Waals surface area contributed by atoms with Gasteiger partial charge in [-0.2, -0.15) is 0 Å². The molecule has 1 heterocycles. The fraction of sp³-hybridized carbons (Fsp3) is 0.625. The standard InChI is InChI=1S/C16H23NO3/c1-19-14-9-17(10-15(14)20-2)13-8-7-11-5-3-4-6-12(11)16(13)18/h3-6,13-16,18H,7-10H2,1-2H3. The lowest BCUT2D eigenvalue weighted by Crippen LogP contribution is -2.41. The number of rotatable bonds is 3.